The van der Waals surface area contributed by atoms with Crippen LogP contribution in [0.5, 0.6) is 0 Å². The van der Waals surface area contributed by atoms with Crippen molar-refractivity contribution in [3.63, 3.8) is 0 Å². The summed E-state index contributed by atoms with van der Waals surface area (Å²) in [4.78, 5) is 37.7. The van der Waals surface area contributed by atoms with Crippen LogP contribution >= 0.6 is 22.9 Å². The molecule has 1 aromatic heterocycles. The maximum atomic E-state index is 12.1. The molecule has 2 rings (SSSR count). The van der Waals surface area contributed by atoms with Gasteiger partial charge in [0.1, 0.15) is 5.02 Å². The standard InChI is InChI=1S/C14H12ClN3O5S/c1-2-23-12(19)6-9-7-24-14(16-9)17-13(20)8-3-4-11(18(21)22)10(15)5-8/h3-5,7H,2,6H2,1H3,(H,16,17,20). The molecular weight excluding hydrogens is 358 g/mol. The normalized spacial score (nSPS) is 10.2. The lowest BCUT2D eigenvalue weighted by atomic mass is 10.2. The summed E-state index contributed by atoms with van der Waals surface area (Å²) >= 11 is 6.93. The highest BCUT2D eigenvalue weighted by Gasteiger charge is 2.16. The van der Waals surface area contributed by atoms with Gasteiger partial charge in [-0.1, -0.05) is 11.6 Å². The van der Waals surface area contributed by atoms with E-state index in [9.17, 15) is 19.7 Å². The maximum Gasteiger partial charge on any atom is 0.311 e. The Labute approximate surface area is 145 Å². The van der Waals surface area contributed by atoms with E-state index in [1.807, 2.05) is 0 Å². The second kappa shape index (κ2) is 7.84. The molecule has 0 aliphatic carbocycles. The van der Waals surface area contributed by atoms with E-state index in [1.165, 1.54) is 12.1 Å². The highest BCUT2D eigenvalue weighted by Crippen LogP contribution is 2.25. The Morgan fingerprint density at radius 3 is 2.83 bits per heavy atom. The van der Waals surface area contributed by atoms with Crippen molar-refractivity contribution in [3.8, 4) is 0 Å². The predicted molar refractivity (Wildman–Crippen MR) is 88.5 cm³/mol. The average Bonchev–Trinajstić information content (AvgIpc) is 2.93. The number of aromatic nitrogens is 1. The summed E-state index contributed by atoms with van der Waals surface area (Å²) in [6.07, 6.45) is 0.0174. The minimum absolute atomic E-state index is 0.0174. The van der Waals surface area contributed by atoms with Crippen LogP contribution in [0.4, 0.5) is 10.8 Å². The van der Waals surface area contributed by atoms with Crippen molar-refractivity contribution in [3.05, 3.63) is 50.0 Å². The first-order valence-electron chi connectivity index (χ1n) is 6.76. The first-order valence-corrected chi connectivity index (χ1v) is 8.01. The van der Waals surface area contributed by atoms with Crippen LogP contribution in [0.3, 0.4) is 0 Å². The quantitative estimate of drug-likeness (QED) is 0.475. The van der Waals surface area contributed by atoms with E-state index in [-0.39, 0.29) is 29.3 Å². The first-order chi connectivity index (χ1) is 11.4. The molecule has 2 aromatic rings. The molecule has 0 bridgehead atoms. The number of rotatable bonds is 6. The number of esters is 1. The number of benzene rings is 1. The van der Waals surface area contributed by atoms with Gasteiger partial charge in [-0.25, -0.2) is 4.98 Å². The second-order valence-corrected chi connectivity index (χ2v) is 5.77. The molecule has 0 saturated heterocycles. The Balaban J connectivity index is 2.05. The van der Waals surface area contributed by atoms with Crippen molar-refractivity contribution >= 4 is 45.6 Å². The molecule has 0 radical (unpaired) electrons. The monoisotopic (exact) mass is 369 g/mol. The van der Waals surface area contributed by atoms with Gasteiger partial charge in [0.05, 0.1) is 23.6 Å². The summed E-state index contributed by atoms with van der Waals surface area (Å²) < 4.78 is 4.82. The van der Waals surface area contributed by atoms with E-state index >= 15 is 0 Å². The molecule has 1 aromatic carbocycles. The number of hydrogen-bond donors (Lipinski definition) is 1. The second-order valence-electron chi connectivity index (χ2n) is 4.50. The van der Waals surface area contributed by atoms with Gasteiger partial charge in [-0.3, -0.25) is 25.0 Å². The topological polar surface area (TPSA) is 111 Å². The molecule has 8 nitrogen and oxygen atoms in total. The Hall–Kier alpha value is -2.52. The zero-order chi connectivity index (χ0) is 17.7. The molecule has 0 saturated carbocycles. The maximum absolute atomic E-state index is 12.1. The molecule has 1 heterocycles. The van der Waals surface area contributed by atoms with Crippen LogP contribution in [0.1, 0.15) is 23.0 Å². The van der Waals surface area contributed by atoms with Gasteiger partial charge in [-0.2, -0.15) is 0 Å². The fourth-order valence-corrected chi connectivity index (χ4v) is 2.73. The number of nitro benzene ring substituents is 1. The summed E-state index contributed by atoms with van der Waals surface area (Å²) in [5, 5.41) is 15.1. The number of amides is 1. The number of thiazole rings is 1. The SMILES string of the molecule is CCOC(=O)Cc1csc(NC(=O)c2ccc([N+](=O)[O-])c(Cl)c2)n1. The van der Waals surface area contributed by atoms with Crippen molar-refractivity contribution in [1.82, 2.24) is 4.98 Å². The van der Waals surface area contributed by atoms with Crippen molar-refractivity contribution in [2.45, 2.75) is 13.3 Å². The van der Waals surface area contributed by atoms with Crippen LogP contribution in [0.25, 0.3) is 0 Å². The van der Waals surface area contributed by atoms with Gasteiger partial charge in [0, 0.05) is 17.0 Å². The van der Waals surface area contributed by atoms with Gasteiger partial charge in [-0.15, -0.1) is 11.3 Å². The highest BCUT2D eigenvalue weighted by molar-refractivity contribution is 7.14. The summed E-state index contributed by atoms with van der Waals surface area (Å²) in [6.45, 7) is 1.99. The smallest absolute Gasteiger partial charge is 0.311 e. The number of halogens is 1. The number of carbonyl (C=O) groups is 2. The molecule has 1 amide bonds. The van der Waals surface area contributed by atoms with Gasteiger partial charge in [0.25, 0.3) is 11.6 Å². The van der Waals surface area contributed by atoms with Gasteiger partial charge in [-0.05, 0) is 19.1 Å². The fraction of sp³-hybridized carbons (Fsp3) is 0.214. The van der Waals surface area contributed by atoms with E-state index in [0.29, 0.717) is 10.8 Å². The van der Waals surface area contributed by atoms with E-state index < -0.39 is 16.8 Å². The lowest BCUT2D eigenvalue weighted by Crippen LogP contribution is -2.12. The van der Waals surface area contributed by atoms with Gasteiger partial charge in [0.15, 0.2) is 5.13 Å². The number of nitrogens with zero attached hydrogens (tertiary/aromatic N) is 2. The third kappa shape index (κ3) is 4.49. The number of hydrogen-bond acceptors (Lipinski definition) is 7. The highest BCUT2D eigenvalue weighted by atomic mass is 35.5. The van der Waals surface area contributed by atoms with E-state index in [2.05, 4.69) is 10.3 Å². The Morgan fingerprint density at radius 1 is 1.46 bits per heavy atom. The van der Waals surface area contributed by atoms with E-state index in [0.717, 1.165) is 17.4 Å². The van der Waals surface area contributed by atoms with Crippen LogP contribution in [-0.2, 0) is 16.0 Å². The van der Waals surface area contributed by atoms with Gasteiger partial charge in [0.2, 0.25) is 0 Å². The molecule has 1 N–H and O–H groups in total. The van der Waals surface area contributed by atoms with E-state index in [1.54, 1.807) is 12.3 Å². The number of anilines is 1. The zero-order valence-electron chi connectivity index (χ0n) is 12.4. The van der Waals surface area contributed by atoms with Crippen molar-refractivity contribution < 1.29 is 19.2 Å². The van der Waals surface area contributed by atoms with Gasteiger partial charge < -0.3 is 4.74 Å². The summed E-state index contributed by atoms with van der Waals surface area (Å²) in [7, 11) is 0. The molecule has 0 atom stereocenters. The first kappa shape index (κ1) is 17.8. The number of nitro groups is 1. The Bertz CT molecular complexity index is 792. The van der Waals surface area contributed by atoms with Crippen LogP contribution < -0.4 is 5.32 Å². The Kier molecular flexibility index (Phi) is 5.83. The largest absolute Gasteiger partial charge is 0.466 e. The molecule has 126 valence electrons. The van der Waals surface area contributed by atoms with Crippen molar-refractivity contribution in [1.29, 1.82) is 0 Å². The minimum Gasteiger partial charge on any atom is -0.466 e. The predicted octanol–water partition coefficient (Wildman–Crippen LogP) is 3.06. The molecule has 0 aliphatic heterocycles. The summed E-state index contributed by atoms with van der Waals surface area (Å²) in [5.74, 6) is -0.911. The minimum atomic E-state index is -0.632. The molecule has 24 heavy (non-hydrogen) atoms. The molecule has 10 heteroatoms. The number of nitrogens with one attached hydrogen (secondary N) is 1. The average molecular weight is 370 g/mol. The number of carbonyl (C=O) groups excluding carboxylic acids is 2. The molecule has 0 aliphatic rings. The van der Waals surface area contributed by atoms with Crippen molar-refractivity contribution in [2.24, 2.45) is 0 Å². The zero-order valence-corrected chi connectivity index (χ0v) is 14.0. The molecule has 0 fully saturated rings. The molecule has 0 unspecified atom stereocenters. The molecular formula is C14H12ClN3O5S. The van der Waals surface area contributed by atoms with Gasteiger partial charge >= 0.3 is 5.97 Å². The lowest BCUT2D eigenvalue weighted by Gasteiger charge is -2.03. The third-order valence-electron chi connectivity index (χ3n) is 2.81. The van der Waals surface area contributed by atoms with Crippen LogP contribution in [-0.4, -0.2) is 28.4 Å². The summed E-state index contributed by atoms with van der Waals surface area (Å²) in [5.41, 5.74) is 0.363. The van der Waals surface area contributed by atoms with Crippen molar-refractivity contribution in [2.75, 3.05) is 11.9 Å². The third-order valence-corrected chi connectivity index (χ3v) is 3.92. The van der Waals surface area contributed by atoms with Crippen LogP contribution in [0.2, 0.25) is 5.02 Å². The lowest BCUT2D eigenvalue weighted by molar-refractivity contribution is -0.384. The van der Waals surface area contributed by atoms with Crippen LogP contribution in [0.15, 0.2) is 23.6 Å². The molecule has 0 spiro atoms. The fourth-order valence-electron chi connectivity index (χ4n) is 1.77. The summed E-state index contributed by atoms with van der Waals surface area (Å²) in [6, 6.07) is 3.67. The number of ether oxygens (including phenoxy) is 1. The Morgan fingerprint density at radius 2 is 2.21 bits per heavy atom. The van der Waals surface area contributed by atoms with E-state index in [4.69, 9.17) is 16.3 Å². The van der Waals surface area contributed by atoms with Crippen LogP contribution in [0, 0.1) is 10.1 Å².